The van der Waals surface area contributed by atoms with Crippen LogP contribution < -0.4 is 0 Å². The number of allylic oxidation sites excluding steroid dienone is 2. The van der Waals surface area contributed by atoms with Gasteiger partial charge in [0.2, 0.25) is 23.6 Å². The quantitative estimate of drug-likeness (QED) is 0.159. The number of hydrogen-bond acceptors (Lipinski definition) is 5. The van der Waals surface area contributed by atoms with E-state index < -0.39 is 11.8 Å². The predicted octanol–water partition coefficient (Wildman–Crippen LogP) is 7.18. The zero-order valence-electron chi connectivity index (χ0n) is 28.6. The maximum absolute atomic E-state index is 13.2. The lowest BCUT2D eigenvalue weighted by Crippen LogP contribution is -2.46. The largest absolute Gasteiger partial charge is 0.274 e. The van der Waals surface area contributed by atoms with Crippen LogP contribution in [-0.2, 0) is 19.2 Å². The van der Waals surface area contributed by atoms with Crippen molar-refractivity contribution in [2.75, 3.05) is 20.4 Å². The number of nitrogens with zero attached hydrogens (tertiary/aromatic N) is 3. The molecule has 7 nitrogen and oxygen atoms in total. The smallest absolute Gasteiger partial charge is 0.234 e. The van der Waals surface area contributed by atoms with Gasteiger partial charge >= 0.3 is 0 Å². The number of amides is 4. The van der Waals surface area contributed by atoms with Crippen LogP contribution >= 0.6 is 0 Å². The van der Waals surface area contributed by atoms with Crippen LogP contribution in [0.2, 0.25) is 0 Å². The molecule has 0 aliphatic carbocycles. The molecule has 2 atom stereocenters. The van der Waals surface area contributed by atoms with Crippen molar-refractivity contribution in [3.05, 3.63) is 24.3 Å². The topological polar surface area (TPSA) is 78.0 Å². The fourth-order valence-corrected chi connectivity index (χ4v) is 7.84. The van der Waals surface area contributed by atoms with Crippen molar-refractivity contribution in [3.8, 4) is 0 Å². The van der Waals surface area contributed by atoms with Gasteiger partial charge in [0, 0.05) is 12.8 Å². The second kappa shape index (κ2) is 13.2. The normalized spacial score (nSPS) is 20.9. The Kier molecular flexibility index (Phi) is 11.2. The number of carbonyl (C=O) groups is 4. The van der Waals surface area contributed by atoms with E-state index in [9.17, 15) is 19.2 Å². The van der Waals surface area contributed by atoms with E-state index >= 15 is 0 Å². The summed E-state index contributed by atoms with van der Waals surface area (Å²) in [7, 11) is 1.73. The van der Waals surface area contributed by atoms with Crippen LogP contribution in [0.1, 0.15) is 121 Å². The molecule has 0 N–H and O–H groups in total. The highest BCUT2D eigenvalue weighted by Gasteiger charge is 2.42. The van der Waals surface area contributed by atoms with E-state index in [1.54, 1.807) is 11.9 Å². The lowest BCUT2D eigenvalue weighted by Gasteiger charge is -2.33. The second-order valence-electron chi connectivity index (χ2n) is 17.3. The summed E-state index contributed by atoms with van der Waals surface area (Å²) >= 11 is 0. The minimum absolute atomic E-state index is 0.0472. The molecule has 2 unspecified atom stereocenters. The summed E-state index contributed by atoms with van der Waals surface area (Å²) in [6.45, 7) is 30.8. The molecular formula is C35H59N3O4. The number of likely N-dealkylation sites (tertiary alicyclic amines) is 2. The SMILES string of the molecule is C=C(CC1CC(=O)N(CN(C)CN2C(=O)CC(CC(=C)CC(C)(C)CC(C)(C)C)C2=O)C1=O)CC(C)(C)CC(C)(C)C. The van der Waals surface area contributed by atoms with Gasteiger partial charge in [0.15, 0.2) is 0 Å². The molecule has 0 aromatic carbocycles. The van der Waals surface area contributed by atoms with Gasteiger partial charge in [0.1, 0.15) is 0 Å². The maximum atomic E-state index is 13.2. The second-order valence-corrected chi connectivity index (χ2v) is 17.3. The van der Waals surface area contributed by atoms with Gasteiger partial charge in [0.25, 0.3) is 0 Å². The number of imide groups is 2. The van der Waals surface area contributed by atoms with Crippen molar-refractivity contribution < 1.29 is 19.2 Å². The third-order valence-electron chi connectivity index (χ3n) is 7.99. The van der Waals surface area contributed by atoms with E-state index in [0.717, 1.165) is 36.8 Å². The Balaban J connectivity index is 1.91. The highest BCUT2D eigenvalue weighted by atomic mass is 16.2. The molecule has 0 aromatic rings. The molecule has 2 aliphatic heterocycles. The molecule has 42 heavy (non-hydrogen) atoms. The lowest BCUT2D eigenvalue weighted by atomic mass is 9.72. The lowest BCUT2D eigenvalue weighted by molar-refractivity contribution is -0.144. The van der Waals surface area contributed by atoms with Crippen molar-refractivity contribution in [3.63, 3.8) is 0 Å². The Morgan fingerprint density at radius 3 is 1.26 bits per heavy atom. The molecule has 2 fully saturated rings. The Bertz CT molecular complexity index is 989. The average Bonchev–Trinajstić information content (AvgIpc) is 3.13. The van der Waals surface area contributed by atoms with E-state index in [-0.39, 0.29) is 71.5 Å². The first kappa shape index (κ1) is 35.9. The molecule has 2 saturated heterocycles. The van der Waals surface area contributed by atoms with Crippen LogP contribution in [0.15, 0.2) is 24.3 Å². The van der Waals surface area contributed by atoms with Gasteiger partial charge in [-0.3, -0.25) is 33.9 Å². The van der Waals surface area contributed by atoms with Crippen molar-refractivity contribution in [2.45, 2.75) is 121 Å². The summed E-state index contributed by atoms with van der Waals surface area (Å²) in [5.74, 6) is -1.65. The third kappa shape index (κ3) is 11.1. The highest BCUT2D eigenvalue weighted by molar-refractivity contribution is 6.04. The summed E-state index contributed by atoms with van der Waals surface area (Å²) in [4.78, 5) is 56.3. The summed E-state index contributed by atoms with van der Waals surface area (Å²) in [6.07, 6.45) is 5.02. The molecule has 4 amide bonds. The van der Waals surface area contributed by atoms with E-state index in [4.69, 9.17) is 0 Å². The fraction of sp³-hybridized carbons (Fsp3) is 0.771. The molecule has 0 aromatic heterocycles. The predicted molar refractivity (Wildman–Crippen MR) is 170 cm³/mol. The molecule has 0 saturated carbocycles. The van der Waals surface area contributed by atoms with Gasteiger partial charge in [-0.15, -0.1) is 0 Å². The zero-order chi connectivity index (χ0) is 32.4. The molecule has 2 rings (SSSR count). The monoisotopic (exact) mass is 585 g/mol. The summed E-state index contributed by atoms with van der Waals surface area (Å²) in [6, 6.07) is 0. The van der Waals surface area contributed by atoms with Gasteiger partial charge in [-0.2, -0.15) is 0 Å². The number of rotatable bonds is 14. The first-order valence-corrected chi connectivity index (χ1v) is 15.6. The van der Waals surface area contributed by atoms with Crippen molar-refractivity contribution in [1.82, 2.24) is 14.7 Å². The van der Waals surface area contributed by atoms with Crippen LogP contribution in [0, 0.1) is 33.5 Å². The van der Waals surface area contributed by atoms with Gasteiger partial charge in [-0.1, -0.05) is 93.5 Å². The minimum atomic E-state index is -0.406. The summed E-state index contributed by atoms with van der Waals surface area (Å²) in [5.41, 5.74) is 2.49. The van der Waals surface area contributed by atoms with E-state index in [1.165, 1.54) is 9.80 Å². The molecule has 7 heteroatoms. The van der Waals surface area contributed by atoms with Gasteiger partial charge in [-0.25, -0.2) is 0 Å². The standard InChI is InChI=1S/C35H59N3O4/c1-24(18-34(9,10)20-32(3,4)5)14-26-16-28(39)37(30(26)41)22-36(13)23-38-29(40)17-27(31(38)42)15-25(2)19-35(11,12)21-33(6,7)8/h26-27H,1-2,14-23H2,3-13H3. The summed E-state index contributed by atoms with van der Waals surface area (Å²) in [5, 5.41) is 0. The average molecular weight is 586 g/mol. The maximum Gasteiger partial charge on any atom is 0.234 e. The first-order valence-electron chi connectivity index (χ1n) is 15.6. The van der Waals surface area contributed by atoms with Gasteiger partial charge in [0.05, 0.1) is 25.2 Å². The molecule has 238 valence electrons. The molecular weight excluding hydrogens is 526 g/mol. The van der Waals surface area contributed by atoms with E-state index in [1.807, 2.05) is 0 Å². The van der Waals surface area contributed by atoms with E-state index in [0.29, 0.717) is 12.8 Å². The van der Waals surface area contributed by atoms with Crippen LogP contribution in [0.4, 0.5) is 0 Å². The van der Waals surface area contributed by atoms with Gasteiger partial charge in [-0.05, 0) is 67.2 Å². The molecule has 2 aliphatic rings. The van der Waals surface area contributed by atoms with Crippen molar-refractivity contribution in [2.24, 2.45) is 33.5 Å². The number of hydrogen-bond donors (Lipinski definition) is 0. The van der Waals surface area contributed by atoms with Crippen LogP contribution in [0.3, 0.4) is 0 Å². The van der Waals surface area contributed by atoms with Crippen LogP contribution in [0.5, 0.6) is 0 Å². The zero-order valence-corrected chi connectivity index (χ0v) is 28.6. The molecule has 0 radical (unpaired) electrons. The molecule has 0 bridgehead atoms. The number of carbonyl (C=O) groups excluding carboxylic acids is 4. The Labute approximate surface area is 256 Å². The van der Waals surface area contributed by atoms with Crippen molar-refractivity contribution in [1.29, 1.82) is 0 Å². The van der Waals surface area contributed by atoms with Crippen molar-refractivity contribution >= 4 is 23.6 Å². The summed E-state index contributed by atoms with van der Waals surface area (Å²) < 4.78 is 0. The Morgan fingerprint density at radius 2 is 0.976 bits per heavy atom. The minimum Gasteiger partial charge on any atom is -0.274 e. The Morgan fingerprint density at radius 1 is 0.667 bits per heavy atom. The Hall–Kier alpha value is -2.28. The van der Waals surface area contributed by atoms with Gasteiger partial charge < -0.3 is 0 Å². The van der Waals surface area contributed by atoms with Crippen LogP contribution in [-0.4, -0.2) is 58.7 Å². The molecule has 0 spiro atoms. The fourth-order valence-electron chi connectivity index (χ4n) is 7.84. The first-order chi connectivity index (χ1) is 18.9. The molecule has 2 heterocycles. The highest BCUT2D eigenvalue weighted by Crippen LogP contribution is 2.41. The third-order valence-corrected chi connectivity index (χ3v) is 7.99. The van der Waals surface area contributed by atoms with Crippen LogP contribution in [0.25, 0.3) is 0 Å². The van der Waals surface area contributed by atoms with E-state index in [2.05, 4.69) is 82.4 Å².